The fraction of sp³-hybridized carbons (Fsp3) is 0.364. The van der Waals surface area contributed by atoms with Crippen molar-refractivity contribution < 1.29 is 36.0 Å². The standard InChI is InChI=1S/C11H12F3NO5S/c1-7-3-4-8(10(16)19-2)5-9(7)21(17,18)15-20-6-11(12,13)14/h3-5,15H,6H2,1-2H3. The van der Waals surface area contributed by atoms with E-state index < -0.39 is 28.8 Å². The Labute approximate surface area is 118 Å². The van der Waals surface area contributed by atoms with Crippen molar-refractivity contribution in [2.75, 3.05) is 13.7 Å². The zero-order valence-corrected chi connectivity index (χ0v) is 11.8. The molecule has 0 fully saturated rings. The molecule has 1 aromatic rings. The molecule has 0 saturated heterocycles. The maximum atomic E-state index is 11.9. The SMILES string of the molecule is COC(=O)c1ccc(C)c(S(=O)(=O)NOCC(F)(F)F)c1. The lowest BCUT2D eigenvalue weighted by Gasteiger charge is -2.11. The van der Waals surface area contributed by atoms with Gasteiger partial charge in [0.05, 0.1) is 17.6 Å². The predicted molar refractivity (Wildman–Crippen MR) is 64.8 cm³/mol. The number of carbonyl (C=O) groups is 1. The number of halogens is 3. The lowest BCUT2D eigenvalue weighted by Crippen LogP contribution is -2.30. The van der Waals surface area contributed by atoms with Gasteiger partial charge in [0.25, 0.3) is 10.0 Å². The van der Waals surface area contributed by atoms with Crippen LogP contribution in [0.4, 0.5) is 13.2 Å². The van der Waals surface area contributed by atoms with Crippen LogP contribution in [0.5, 0.6) is 0 Å². The highest BCUT2D eigenvalue weighted by Crippen LogP contribution is 2.19. The molecule has 6 nitrogen and oxygen atoms in total. The highest BCUT2D eigenvalue weighted by molar-refractivity contribution is 7.89. The Morgan fingerprint density at radius 3 is 2.48 bits per heavy atom. The van der Waals surface area contributed by atoms with Gasteiger partial charge in [0.15, 0.2) is 6.61 Å². The smallest absolute Gasteiger partial charge is 0.413 e. The molecular weight excluding hydrogens is 315 g/mol. The second-order valence-electron chi connectivity index (χ2n) is 3.96. The van der Waals surface area contributed by atoms with Crippen LogP contribution < -0.4 is 4.89 Å². The van der Waals surface area contributed by atoms with Gasteiger partial charge >= 0.3 is 12.1 Å². The summed E-state index contributed by atoms with van der Waals surface area (Å²) in [4.78, 5) is 16.2. The summed E-state index contributed by atoms with van der Waals surface area (Å²) in [6, 6.07) is 3.64. The van der Waals surface area contributed by atoms with Gasteiger partial charge < -0.3 is 4.74 Å². The summed E-state index contributed by atoms with van der Waals surface area (Å²) >= 11 is 0. The van der Waals surface area contributed by atoms with Gasteiger partial charge in [0.2, 0.25) is 0 Å². The number of aryl methyl sites for hydroxylation is 1. The van der Waals surface area contributed by atoms with E-state index in [2.05, 4.69) is 9.57 Å². The number of carbonyl (C=O) groups excluding carboxylic acids is 1. The van der Waals surface area contributed by atoms with Crippen LogP contribution in [0.3, 0.4) is 0 Å². The fourth-order valence-corrected chi connectivity index (χ4v) is 2.45. The number of rotatable bonds is 5. The van der Waals surface area contributed by atoms with Crippen LogP contribution in [0, 0.1) is 6.92 Å². The molecule has 0 bridgehead atoms. The molecule has 1 rings (SSSR count). The molecule has 0 radical (unpaired) electrons. The van der Waals surface area contributed by atoms with Crippen LogP contribution >= 0.6 is 0 Å². The summed E-state index contributed by atoms with van der Waals surface area (Å²) in [7, 11) is -3.25. The number of nitrogens with one attached hydrogen (secondary N) is 1. The third-order valence-electron chi connectivity index (χ3n) is 2.30. The predicted octanol–water partition coefficient (Wildman–Crippen LogP) is 1.55. The molecule has 0 aliphatic heterocycles. The van der Waals surface area contributed by atoms with Crippen molar-refractivity contribution in [3.05, 3.63) is 29.3 Å². The Kier molecular flexibility index (Phi) is 5.31. The molecule has 118 valence electrons. The van der Waals surface area contributed by atoms with Crippen molar-refractivity contribution in [1.82, 2.24) is 4.89 Å². The van der Waals surface area contributed by atoms with E-state index in [1.165, 1.54) is 23.9 Å². The van der Waals surface area contributed by atoms with Gasteiger partial charge in [-0.3, -0.25) is 4.84 Å². The lowest BCUT2D eigenvalue weighted by atomic mass is 10.1. The third-order valence-corrected chi connectivity index (χ3v) is 3.66. The maximum absolute atomic E-state index is 11.9. The first-order valence-corrected chi connectivity index (χ1v) is 6.94. The maximum Gasteiger partial charge on any atom is 0.413 e. The molecule has 0 amide bonds. The first kappa shape index (κ1) is 17.4. The highest BCUT2D eigenvalue weighted by atomic mass is 32.2. The van der Waals surface area contributed by atoms with E-state index in [0.29, 0.717) is 0 Å². The first-order chi connectivity index (χ1) is 9.57. The van der Waals surface area contributed by atoms with Crippen LogP contribution in [-0.4, -0.2) is 34.3 Å². The van der Waals surface area contributed by atoms with Crippen LogP contribution in [-0.2, 0) is 19.6 Å². The fourth-order valence-electron chi connectivity index (χ4n) is 1.37. The molecule has 0 unspecified atom stereocenters. The Bertz CT molecular complexity index is 627. The minimum Gasteiger partial charge on any atom is -0.465 e. The second kappa shape index (κ2) is 6.41. The molecule has 0 aromatic heterocycles. The summed E-state index contributed by atoms with van der Waals surface area (Å²) in [5.41, 5.74) is 0.171. The van der Waals surface area contributed by atoms with Crippen molar-refractivity contribution in [1.29, 1.82) is 0 Å². The molecule has 0 spiro atoms. The van der Waals surface area contributed by atoms with E-state index in [1.54, 1.807) is 0 Å². The molecule has 0 aliphatic carbocycles. The Morgan fingerprint density at radius 1 is 1.33 bits per heavy atom. The highest BCUT2D eigenvalue weighted by Gasteiger charge is 2.29. The Morgan fingerprint density at radius 2 is 1.95 bits per heavy atom. The summed E-state index contributed by atoms with van der Waals surface area (Å²) in [5.74, 6) is -0.775. The van der Waals surface area contributed by atoms with Crippen LogP contribution in [0.2, 0.25) is 0 Å². The summed E-state index contributed by atoms with van der Waals surface area (Å²) in [5, 5.41) is 0. The lowest BCUT2D eigenvalue weighted by molar-refractivity contribution is -0.181. The molecule has 0 heterocycles. The normalized spacial score (nSPS) is 12.2. The van der Waals surface area contributed by atoms with Gasteiger partial charge in [-0.2, -0.15) is 13.2 Å². The van der Waals surface area contributed by atoms with Gasteiger partial charge in [-0.25, -0.2) is 13.2 Å². The van der Waals surface area contributed by atoms with E-state index in [4.69, 9.17) is 0 Å². The molecule has 0 saturated carbocycles. The Balaban J connectivity index is 2.99. The number of methoxy groups -OCH3 is 1. The van der Waals surface area contributed by atoms with Gasteiger partial charge in [-0.15, -0.1) is 0 Å². The van der Waals surface area contributed by atoms with Gasteiger partial charge in [-0.1, -0.05) is 11.0 Å². The molecule has 1 N–H and O–H groups in total. The zero-order valence-electron chi connectivity index (χ0n) is 11.0. The number of esters is 1. The van der Waals surface area contributed by atoms with E-state index in [0.717, 1.165) is 13.2 Å². The van der Waals surface area contributed by atoms with E-state index in [-0.39, 0.29) is 16.0 Å². The summed E-state index contributed by atoms with van der Waals surface area (Å²) in [6.45, 7) is -0.360. The molecule has 0 aliphatic rings. The number of alkyl halides is 3. The molecule has 10 heteroatoms. The number of hydrogen-bond acceptors (Lipinski definition) is 5. The average Bonchev–Trinajstić information content (AvgIpc) is 2.36. The topological polar surface area (TPSA) is 81.7 Å². The molecule has 0 atom stereocenters. The number of benzene rings is 1. The molecule has 21 heavy (non-hydrogen) atoms. The molecule has 1 aromatic carbocycles. The first-order valence-electron chi connectivity index (χ1n) is 5.46. The monoisotopic (exact) mass is 327 g/mol. The minimum atomic E-state index is -4.68. The van der Waals surface area contributed by atoms with Gasteiger partial charge in [0, 0.05) is 0 Å². The van der Waals surface area contributed by atoms with E-state index in [9.17, 15) is 26.4 Å². The number of hydrogen-bond donors (Lipinski definition) is 1. The van der Waals surface area contributed by atoms with Crippen molar-refractivity contribution >= 4 is 16.0 Å². The largest absolute Gasteiger partial charge is 0.465 e. The number of ether oxygens (including phenoxy) is 1. The quantitative estimate of drug-likeness (QED) is 0.655. The van der Waals surface area contributed by atoms with Crippen molar-refractivity contribution in [3.8, 4) is 0 Å². The van der Waals surface area contributed by atoms with E-state index in [1.807, 2.05) is 0 Å². The van der Waals surface area contributed by atoms with Crippen LogP contribution in [0.25, 0.3) is 0 Å². The van der Waals surface area contributed by atoms with Crippen molar-refractivity contribution in [3.63, 3.8) is 0 Å². The van der Waals surface area contributed by atoms with Gasteiger partial charge in [-0.05, 0) is 24.6 Å². The van der Waals surface area contributed by atoms with Crippen molar-refractivity contribution in [2.45, 2.75) is 18.0 Å². The average molecular weight is 327 g/mol. The second-order valence-corrected chi connectivity index (χ2v) is 5.58. The molecular formula is C11H12F3NO5S. The van der Waals surface area contributed by atoms with Crippen LogP contribution in [0.15, 0.2) is 23.1 Å². The zero-order chi connectivity index (χ0) is 16.3. The van der Waals surface area contributed by atoms with Crippen LogP contribution in [0.1, 0.15) is 15.9 Å². The summed E-state index contributed by atoms with van der Waals surface area (Å²) in [6.07, 6.45) is -4.68. The Hall–Kier alpha value is -1.65. The van der Waals surface area contributed by atoms with Crippen molar-refractivity contribution in [2.24, 2.45) is 0 Å². The minimum absolute atomic E-state index is 0.0562. The van der Waals surface area contributed by atoms with Gasteiger partial charge in [0.1, 0.15) is 0 Å². The number of sulfonamides is 1. The van der Waals surface area contributed by atoms with E-state index >= 15 is 0 Å². The summed E-state index contributed by atoms with van der Waals surface area (Å²) < 4.78 is 63.9. The third kappa shape index (κ3) is 4.99.